The highest BCUT2D eigenvalue weighted by Crippen LogP contribution is 2.76. The van der Waals surface area contributed by atoms with E-state index < -0.39 is 0 Å². The first-order valence-corrected chi connectivity index (χ1v) is 11.0. The highest BCUT2D eigenvalue weighted by Gasteiger charge is 2.83. The molecule has 0 amide bonds. The van der Waals surface area contributed by atoms with Gasteiger partial charge in [0.2, 0.25) is 0 Å². The largest absolute Gasteiger partial charge is 0.310 e. The first kappa shape index (κ1) is 17.2. The second kappa shape index (κ2) is 5.09. The Morgan fingerprint density at radius 1 is 0.571 bits per heavy atom. The van der Waals surface area contributed by atoms with Crippen LogP contribution in [0.3, 0.4) is 0 Å². The predicted molar refractivity (Wildman–Crippen MR) is 114 cm³/mol. The van der Waals surface area contributed by atoms with Crippen molar-refractivity contribution in [3.05, 3.63) is 71.8 Å². The number of hydrogen-bond acceptors (Lipinski definition) is 2. The van der Waals surface area contributed by atoms with Crippen molar-refractivity contribution in [3.8, 4) is 0 Å². The standard InChI is InChI=1S/C26H32N2/c1-23(2)19-15-22-26(18-13-9-6-10-14-18)24(3,4)20(28-22)16-21(27-19)25(23,26)17-11-7-5-8-12-17/h5-14,19-22,27-28H,15-16H2,1-4H3/t19-,20+,21-,22-,25+,26-/m0/s1. The van der Waals surface area contributed by atoms with Crippen molar-refractivity contribution in [3.63, 3.8) is 0 Å². The Bertz CT molecular complexity index is 840. The Morgan fingerprint density at radius 2 is 0.929 bits per heavy atom. The summed E-state index contributed by atoms with van der Waals surface area (Å²) in [6.07, 6.45) is 2.43. The molecule has 4 aliphatic rings. The number of benzene rings is 2. The predicted octanol–water partition coefficient (Wildman–Crippen LogP) is 4.40. The van der Waals surface area contributed by atoms with Crippen molar-refractivity contribution in [2.45, 2.75) is 75.5 Å². The fraction of sp³-hybridized carbons (Fsp3) is 0.538. The van der Waals surface area contributed by atoms with Crippen LogP contribution in [0.2, 0.25) is 0 Å². The molecular formula is C26H32N2. The molecule has 2 aromatic carbocycles. The zero-order chi connectivity index (χ0) is 19.4. The highest BCUT2D eigenvalue weighted by atomic mass is 15.2. The Morgan fingerprint density at radius 3 is 1.29 bits per heavy atom. The molecule has 28 heavy (non-hydrogen) atoms. The molecule has 2 aromatic rings. The van der Waals surface area contributed by atoms with Gasteiger partial charge in [-0.2, -0.15) is 0 Å². The number of rotatable bonds is 2. The van der Waals surface area contributed by atoms with Crippen LogP contribution in [0.15, 0.2) is 60.7 Å². The van der Waals surface area contributed by atoms with E-state index in [9.17, 15) is 0 Å². The lowest BCUT2D eigenvalue weighted by atomic mass is 9.33. The zero-order valence-electron chi connectivity index (χ0n) is 17.5. The molecule has 0 unspecified atom stereocenters. The van der Waals surface area contributed by atoms with Crippen LogP contribution in [0, 0.1) is 10.8 Å². The van der Waals surface area contributed by atoms with Gasteiger partial charge in [0.05, 0.1) is 0 Å². The lowest BCUT2D eigenvalue weighted by Gasteiger charge is -2.68. The van der Waals surface area contributed by atoms with Crippen molar-refractivity contribution in [2.75, 3.05) is 0 Å². The first-order valence-electron chi connectivity index (χ1n) is 11.0. The monoisotopic (exact) mass is 372 g/mol. The molecule has 6 rings (SSSR count). The van der Waals surface area contributed by atoms with Crippen molar-refractivity contribution in [2.24, 2.45) is 10.8 Å². The summed E-state index contributed by atoms with van der Waals surface area (Å²) in [5.74, 6) is 0. The molecule has 2 heteroatoms. The van der Waals surface area contributed by atoms with Crippen molar-refractivity contribution in [1.29, 1.82) is 0 Å². The van der Waals surface area contributed by atoms with Gasteiger partial charge >= 0.3 is 0 Å². The molecule has 2 saturated carbocycles. The number of hydrogen-bond donors (Lipinski definition) is 2. The van der Waals surface area contributed by atoms with Crippen molar-refractivity contribution < 1.29 is 0 Å². The minimum atomic E-state index is 0.0691. The van der Waals surface area contributed by atoms with Gasteiger partial charge < -0.3 is 10.6 Å². The Hall–Kier alpha value is -1.64. The Balaban J connectivity index is 1.79. The van der Waals surface area contributed by atoms with Gasteiger partial charge in [-0.1, -0.05) is 88.4 Å². The minimum absolute atomic E-state index is 0.0691. The van der Waals surface area contributed by atoms with Crippen LogP contribution in [0.25, 0.3) is 0 Å². The van der Waals surface area contributed by atoms with E-state index in [1.807, 2.05) is 0 Å². The molecule has 4 bridgehead atoms. The molecule has 2 nitrogen and oxygen atoms in total. The molecule has 6 atom stereocenters. The van der Waals surface area contributed by atoms with Crippen LogP contribution in [0.1, 0.15) is 51.7 Å². The van der Waals surface area contributed by atoms with E-state index in [0.29, 0.717) is 24.2 Å². The summed E-state index contributed by atoms with van der Waals surface area (Å²) in [6, 6.07) is 25.1. The van der Waals surface area contributed by atoms with Gasteiger partial charge in [-0.25, -0.2) is 0 Å². The van der Waals surface area contributed by atoms with Crippen LogP contribution in [0.5, 0.6) is 0 Å². The van der Waals surface area contributed by atoms with Crippen molar-refractivity contribution >= 4 is 0 Å². The zero-order valence-corrected chi connectivity index (χ0v) is 17.5. The maximum atomic E-state index is 4.17. The van der Waals surface area contributed by atoms with Gasteiger partial charge in [0.25, 0.3) is 0 Å². The van der Waals surface area contributed by atoms with Gasteiger partial charge in [0, 0.05) is 35.0 Å². The second-order valence-electron chi connectivity index (χ2n) is 10.8. The molecule has 2 saturated heterocycles. The van der Waals surface area contributed by atoms with Gasteiger partial charge in [-0.05, 0) is 34.8 Å². The van der Waals surface area contributed by atoms with E-state index in [-0.39, 0.29) is 21.7 Å². The topological polar surface area (TPSA) is 24.1 Å². The van der Waals surface area contributed by atoms with E-state index in [0.717, 1.165) is 0 Å². The first-order chi connectivity index (χ1) is 13.4. The summed E-state index contributed by atoms with van der Waals surface area (Å²) in [4.78, 5) is 0. The summed E-state index contributed by atoms with van der Waals surface area (Å²) in [5, 5.41) is 8.33. The number of fused-ring (bicyclic) bond motifs is 2. The average Bonchev–Trinajstić information content (AvgIpc) is 2.91. The molecule has 146 valence electrons. The summed E-state index contributed by atoms with van der Waals surface area (Å²) < 4.78 is 0. The summed E-state index contributed by atoms with van der Waals surface area (Å²) in [7, 11) is 0. The van der Waals surface area contributed by atoms with Crippen LogP contribution in [-0.2, 0) is 10.8 Å². The molecule has 2 aliphatic carbocycles. The van der Waals surface area contributed by atoms with Gasteiger partial charge in [0.15, 0.2) is 0 Å². The van der Waals surface area contributed by atoms with Crippen LogP contribution in [-0.4, -0.2) is 24.2 Å². The van der Waals surface area contributed by atoms with E-state index in [1.54, 1.807) is 0 Å². The van der Waals surface area contributed by atoms with Gasteiger partial charge in [0.1, 0.15) is 0 Å². The van der Waals surface area contributed by atoms with E-state index in [1.165, 1.54) is 24.0 Å². The van der Waals surface area contributed by atoms with E-state index in [4.69, 9.17) is 0 Å². The summed E-state index contributed by atoms with van der Waals surface area (Å²) in [5.41, 5.74) is 3.56. The quantitative estimate of drug-likeness (QED) is 0.816. The normalized spacial score (nSPS) is 44.0. The molecule has 2 heterocycles. The van der Waals surface area contributed by atoms with Crippen LogP contribution < -0.4 is 10.6 Å². The third-order valence-electron chi connectivity index (χ3n) is 9.65. The molecule has 4 fully saturated rings. The SMILES string of the molecule is CC1(C)[C@H]2C[C@@H]3N[C@H]4C[C@H](N2)[C@]1(c1ccccc1)[C@@]3(c1ccccc1)C4(C)C. The van der Waals surface area contributed by atoms with Crippen LogP contribution in [0.4, 0.5) is 0 Å². The fourth-order valence-electron chi connectivity index (χ4n) is 8.86. The minimum Gasteiger partial charge on any atom is -0.310 e. The van der Waals surface area contributed by atoms with E-state index >= 15 is 0 Å². The van der Waals surface area contributed by atoms with Crippen molar-refractivity contribution in [1.82, 2.24) is 10.6 Å². The lowest BCUT2D eigenvalue weighted by molar-refractivity contribution is -0.0591. The molecular weight excluding hydrogens is 340 g/mol. The van der Waals surface area contributed by atoms with Gasteiger partial charge in [-0.3, -0.25) is 0 Å². The smallest absolute Gasteiger partial charge is 0.0290 e. The molecule has 0 radical (unpaired) electrons. The third kappa shape index (κ3) is 1.53. The molecule has 2 N–H and O–H groups in total. The molecule has 2 aliphatic heterocycles. The lowest BCUT2D eigenvalue weighted by Crippen LogP contribution is -2.74. The maximum absolute atomic E-state index is 4.17. The van der Waals surface area contributed by atoms with Gasteiger partial charge in [-0.15, -0.1) is 0 Å². The fourth-order valence-corrected chi connectivity index (χ4v) is 8.86. The Labute approximate surface area is 169 Å². The third-order valence-corrected chi connectivity index (χ3v) is 9.65. The summed E-state index contributed by atoms with van der Waals surface area (Å²) in [6.45, 7) is 10.2. The van der Waals surface area contributed by atoms with E-state index in [2.05, 4.69) is 99.0 Å². The number of nitrogens with one attached hydrogen (secondary N) is 2. The Kier molecular flexibility index (Phi) is 3.14. The summed E-state index contributed by atoms with van der Waals surface area (Å²) >= 11 is 0. The maximum Gasteiger partial charge on any atom is 0.0290 e. The molecule has 0 spiro atoms. The molecule has 0 aromatic heterocycles. The van der Waals surface area contributed by atoms with Crippen LogP contribution >= 0.6 is 0 Å². The highest BCUT2D eigenvalue weighted by molar-refractivity contribution is 5.55. The second-order valence-corrected chi connectivity index (χ2v) is 10.8. The average molecular weight is 373 g/mol.